The number of nitrogens with one attached hydrogen (secondary N) is 1. The summed E-state index contributed by atoms with van der Waals surface area (Å²) in [6.45, 7) is 5.84. The molecule has 0 amide bonds. The van der Waals surface area contributed by atoms with Crippen LogP contribution < -0.4 is 5.32 Å². The van der Waals surface area contributed by atoms with Crippen molar-refractivity contribution in [2.75, 3.05) is 12.4 Å². The maximum absolute atomic E-state index is 3.76. The van der Waals surface area contributed by atoms with Crippen LogP contribution in [0.5, 0.6) is 0 Å². The fraction of sp³-hybridized carbons (Fsp3) is 0.200. The Morgan fingerprint density at radius 2 is 2.18 bits per heavy atom. The number of hydrogen-bond donors (Lipinski definition) is 1. The lowest BCUT2D eigenvalue weighted by molar-refractivity contribution is 1.41. The smallest absolute Gasteiger partial charge is 0.0413 e. The summed E-state index contributed by atoms with van der Waals surface area (Å²) in [4.78, 5) is 0. The molecule has 0 bridgehead atoms. The molecule has 0 saturated carbocycles. The molecule has 0 spiro atoms. The first-order chi connectivity index (χ1) is 5.29. The minimum absolute atomic E-state index is 1.14. The molecule has 58 valence electrons. The quantitative estimate of drug-likeness (QED) is 0.678. The average Bonchev–Trinajstić information content (AvgIpc) is 2.04. The summed E-state index contributed by atoms with van der Waals surface area (Å²) in [5, 5.41) is 3.12. The van der Waals surface area contributed by atoms with Crippen molar-refractivity contribution in [3.63, 3.8) is 0 Å². The number of benzene rings is 1. The third-order valence-electron chi connectivity index (χ3n) is 1.80. The summed E-state index contributed by atoms with van der Waals surface area (Å²) in [5.41, 5.74) is 3.59. The fourth-order valence-electron chi connectivity index (χ4n) is 1.17. The second-order valence-corrected chi connectivity index (χ2v) is 2.49. The normalized spacial score (nSPS) is 9.27. The Morgan fingerprint density at radius 3 is 2.64 bits per heavy atom. The highest BCUT2D eigenvalue weighted by Gasteiger charge is 1.97. The molecular weight excluding hydrogens is 134 g/mol. The predicted octanol–water partition coefficient (Wildman–Crippen LogP) is 2.68. The molecule has 1 rings (SSSR count). The largest absolute Gasteiger partial charge is 0.388 e. The van der Waals surface area contributed by atoms with Gasteiger partial charge in [-0.25, -0.2) is 0 Å². The SMILES string of the molecule is C=Cc1c(C)cccc1NC. The summed E-state index contributed by atoms with van der Waals surface area (Å²) in [5.74, 6) is 0. The second-order valence-electron chi connectivity index (χ2n) is 2.49. The van der Waals surface area contributed by atoms with E-state index in [1.807, 2.05) is 25.3 Å². The number of hydrogen-bond acceptors (Lipinski definition) is 1. The van der Waals surface area contributed by atoms with Crippen molar-refractivity contribution < 1.29 is 0 Å². The van der Waals surface area contributed by atoms with Crippen molar-refractivity contribution in [3.8, 4) is 0 Å². The van der Waals surface area contributed by atoms with Gasteiger partial charge in [0.1, 0.15) is 0 Å². The van der Waals surface area contributed by atoms with E-state index >= 15 is 0 Å². The van der Waals surface area contributed by atoms with Gasteiger partial charge in [0.2, 0.25) is 0 Å². The molecule has 0 unspecified atom stereocenters. The van der Waals surface area contributed by atoms with Crippen LogP contribution in [0, 0.1) is 6.92 Å². The van der Waals surface area contributed by atoms with Crippen LogP contribution in [-0.4, -0.2) is 7.05 Å². The van der Waals surface area contributed by atoms with E-state index in [1.165, 1.54) is 11.1 Å². The van der Waals surface area contributed by atoms with E-state index in [4.69, 9.17) is 0 Å². The van der Waals surface area contributed by atoms with Crippen LogP contribution in [0.1, 0.15) is 11.1 Å². The fourth-order valence-corrected chi connectivity index (χ4v) is 1.17. The highest BCUT2D eigenvalue weighted by Crippen LogP contribution is 2.19. The highest BCUT2D eigenvalue weighted by molar-refractivity contribution is 5.68. The van der Waals surface area contributed by atoms with Crippen molar-refractivity contribution >= 4 is 11.8 Å². The molecule has 0 aromatic heterocycles. The van der Waals surface area contributed by atoms with Crippen LogP contribution in [0.4, 0.5) is 5.69 Å². The Morgan fingerprint density at radius 1 is 1.45 bits per heavy atom. The highest BCUT2D eigenvalue weighted by atomic mass is 14.8. The molecule has 1 nitrogen and oxygen atoms in total. The molecule has 1 aromatic rings. The maximum atomic E-state index is 3.76. The van der Waals surface area contributed by atoms with Crippen LogP contribution in [0.3, 0.4) is 0 Å². The lowest BCUT2D eigenvalue weighted by Gasteiger charge is -2.06. The van der Waals surface area contributed by atoms with Gasteiger partial charge < -0.3 is 5.32 Å². The lowest BCUT2D eigenvalue weighted by atomic mass is 10.1. The lowest BCUT2D eigenvalue weighted by Crippen LogP contribution is -1.92. The minimum Gasteiger partial charge on any atom is -0.388 e. The molecule has 0 aliphatic carbocycles. The molecule has 11 heavy (non-hydrogen) atoms. The van der Waals surface area contributed by atoms with E-state index in [9.17, 15) is 0 Å². The van der Waals surface area contributed by atoms with Crippen molar-refractivity contribution in [1.82, 2.24) is 0 Å². The molecule has 0 radical (unpaired) electrons. The molecular formula is C10H13N. The molecule has 1 heteroatoms. The van der Waals surface area contributed by atoms with Crippen molar-refractivity contribution in [1.29, 1.82) is 0 Å². The van der Waals surface area contributed by atoms with E-state index in [2.05, 4.69) is 24.9 Å². The van der Waals surface area contributed by atoms with Crippen LogP contribution in [0.2, 0.25) is 0 Å². The topological polar surface area (TPSA) is 12.0 Å². The summed E-state index contributed by atoms with van der Waals surface area (Å²) >= 11 is 0. The Balaban J connectivity index is 3.24. The van der Waals surface area contributed by atoms with Crippen LogP contribution in [0.15, 0.2) is 24.8 Å². The molecule has 1 N–H and O–H groups in total. The van der Waals surface area contributed by atoms with Gasteiger partial charge in [-0.2, -0.15) is 0 Å². The van der Waals surface area contributed by atoms with E-state index in [-0.39, 0.29) is 0 Å². The zero-order chi connectivity index (χ0) is 8.27. The summed E-state index contributed by atoms with van der Waals surface area (Å²) in [6, 6.07) is 6.16. The molecule has 0 fully saturated rings. The maximum Gasteiger partial charge on any atom is 0.0413 e. The minimum atomic E-state index is 1.14. The number of aryl methyl sites for hydroxylation is 1. The van der Waals surface area contributed by atoms with E-state index in [1.54, 1.807) is 0 Å². The van der Waals surface area contributed by atoms with Gasteiger partial charge in [0, 0.05) is 12.7 Å². The van der Waals surface area contributed by atoms with Gasteiger partial charge in [-0.15, -0.1) is 0 Å². The first-order valence-electron chi connectivity index (χ1n) is 3.69. The van der Waals surface area contributed by atoms with Crippen molar-refractivity contribution in [2.45, 2.75) is 6.92 Å². The van der Waals surface area contributed by atoms with Gasteiger partial charge in [0.25, 0.3) is 0 Å². The Bertz CT molecular complexity index is 264. The molecule has 0 atom stereocenters. The Labute approximate surface area is 67.8 Å². The van der Waals surface area contributed by atoms with Crippen LogP contribution in [0.25, 0.3) is 6.08 Å². The molecule has 0 aliphatic heterocycles. The third kappa shape index (κ3) is 1.43. The van der Waals surface area contributed by atoms with E-state index in [0.29, 0.717) is 0 Å². The van der Waals surface area contributed by atoms with Gasteiger partial charge in [-0.1, -0.05) is 24.8 Å². The third-order valence-corrected chi connectivity index (χ3v) is 1.80. The van der Waals surface area contributed by atoms with Gasteiger partial charge in [-0.3, -0.25) is 0 Å². The van der Waals surface area contributed by atoms with Crippen LogP contribution >= 0.6 is 0 Å². The van der Waals surface area contributed by atoms with E-state index < -0.39 is 0 Å². The first kappa shape index (κ1) is 7.86. The molecule has 1 aromatic carbocycles. The van der Waals surface area contributed by atoms with Gasteiger partial charge in [0.05, 0.1) is 0 Å². The number of anilines is 1. The molecule has 0 heterocycles. The second kappa shape index (κ2) is 3.24. The predicted molar refractivity (Wildman–Crippen MR) is 50.8 cm³/mol. The summed E-state index contributed by atoms with van der Waals surface area (Å²) in [7, 11) is 1.92. The summed E-state index contributed by atoms with van der Waals surface area (Å²) < 4.78 is 0. The van der Waals surface area contributed by atoms with E-state index in [0.717, 1.165) is 5.69 Å². The Kier molecular flexibility index (Phi) is 2.32. The first-order valence-corrected chi connectivity index (χ1v) is 3.69. The van der Waals surface area contributed by atoms with Crippen molar-refractivity contribution in [3.05, 3.63) is 35.9 Å². The standard InChI is InChI=1S/C10H13N/c1-4-9-8(2)6-5-7-10(9)11-3/h4-7,11H,1H2,2-3H3. The summed E-state index contributed by atoms with van der Waals surface area (Å²) in [6.07, 6.45) is 1.88. The average molecular weight is 147 g/mol. The number of rotatable bonds is 2. The zero-order valence-corrected chi connectivity index (χ0v) is 7.02. The molecule has 0 saturated heterocycles. The van der Waals surface area contributed by atoms with Crippen LogP contribution in [-0.2, 0) is 0 Å². The monoisotopic (exact) mass is 147 g/mol. The Hall–Kier alpha value is -1.24. The van der Waals surface area contributed by atoms with Gasteiger partial charge in [-0.05, 0) is 24.1 Å². The molecule has 0 aliphatic rings. The van der Waals surface area contributed by atoms with Gasteiger partial charge in [0.15, 0.2) is 0 Å². The zero-order valence-electron chi connectivity index (χ0n) is 7.02. The van der Waals surface area contributed by atoms with Gasteiger partial charge >= 0.3 is 0 Å². The van der Waals surface area contributed by atoms with Crippen molar-refractivity contribution in [2.24, 2.45) is 0 Å².